The number of thioether (sulfide) groups is 1. The van der Waals surface area contributed by atoms with Gasteiger partial charge in [-0.05, 0) is 0 Å². The highest BCUT2D eigenvalue weighted by molar-refractivity contribution is 8.01. The Labute approximate surface area is 68.7 Å². The molecule has 1 N–H and O–H groups in total. The summed E-state index contributed by atoms with van der Waals surface area (Å²) in [5, 5.41) is 2.36. The second-order valence-corrected chi connectivity index (χ2v) is 3.32. The second kappa shape index (κ2) is 3.61. The standard InChI is InChI=1S/C6H9NO3S/c1-10-6(9)4-2-7-5(8)3-11-4/h4H,2-3H2,1H3,(H,7,8). The molecule has 0 aliphatic carbocycles. The van der Waals surface area contributed by atoms with Crippen LogP contribution in [0.15, 0.2) is 0 Å². The molecule has 0 radical (unpaired) electrons. The van der Waals surface area contributed by atoms with Crippen LogP contribution in [0.3, 0.4) is 0 Å². The molecule has 1 atom stereocenters. The van der Waals surface area contributed by atoms with E-state index >= 15 is 0 Å². The van der Waals surface area contributed by atoms with Crippen molar-refractivity contribution in [3.8, 4) is 0 Å². The zero-order valence-electron chi connectivity index (χ0n) is 6.12. The third kappa shape index (κ3) is 2.11. The van der Waals surface area contributed by atoms with Gasteiger partial charge in [-0.3, -0.25) is 9.59 Å². The molecule has 4 nitrogen and oxygen atoms in total. The van der Waals surface area contributed by atoms with Gasteiger partial charge in [0.15, 0.2) is 0 Å². The molecule has 0 aromatic carbocycles. The van der Waals surface area contributed by atoms with Crippen LogP contribution < -0.4 is 5.32 Å². The van der Waals surface area contributed by atoms with Crippen molar-refractivity contribution in [2.45, 2.75) is 5.25 Å². The summed E-state index contributed by atoms with van der Waals surface area (Å²) in [6, 6.07) is 0. The van der Waals surface area contributed by atoms with Gasteiger partial charge in [0.25, 0.3) is 0 Å². The quantitative estimate of drug-likeness (QED) is 0.540. The smallest absolute Gasteiger partial charge is 0.320 e. The Hall–Kier alpha value is -0.710. The zero-order chi connectivity index (χ0) is 8.27. The van der Waals surface area contributed by atoms with Crippen LogP contribution in [-0.4, -0.2) is 36.5 Å². The first-order valence-electron chi connectivity index (χ1n) is 3.20. The van der Waals surface area contributed by atoms with Crippen LogP contribution in [0.25, 0.3) is 0 Å². The normalized spacial score (nSPS) is 24.1. The van der Waals surface area contributed by atoms with E-state index in [1.165, 1.54) is 18.9 Å². The van der Waals surface area contributed by atoms with Gasteiger partial charge in [-0.2, -0.15) is 0 Å². The van der Waals surface area contributed by atoms with E-state index in [1.54, 1.807) is 0 Å². The van der Waals surface area contributed by atoms with Crippen molar-refractivity contribution < 1.29 is 14.3 Å². The summed E-state index contributed by atoms with van der Waals surface area (Å²) >= 11 is 1.32. The Morgan fingerprint density at radius 2 is 2.55 bits per heavy atom. The van der Waals surface area contributed by atoms with Crippen LogP contribution in [0.5, 0.6) is 0 Å². The number of hydrogen-bond acceptors (Lipinski definition) is 4. The summed E-state index contributed by atoms with van der Waals surface area (Å²) in [7, 11) is 1.35. The predicted octanol–water partition coefficient (Wildman–Crippen LogP) is -0.609. The van der Waals surface area contributed by atoms with E-state index < -0.39 is 0 Å². The maximum Gasteiger partial charge on any atom is 0.320 e. The van der Waals surface area contributed by atoms with Gasteiger partial charge in [0.1, 0.15) is 5.25 Å². The summed E-state index contributed by atoms with van der Waals surface area (Å²) in [6.07, 6.45) is 0. The van der Waals surface area contributed by atoms with E-state index in [2.05, 4.69) is 10.1 Å². The number of amides is 1. The topological polar surface area (TPSA) is 55.4 Å². The minimum absolute atomic E-state index is 0.0184. The number of esters is 1. The third-order valence-corrected chi connectivity index (χ3v) is 2.55. The minimum Gasteiger partial charge on any atom is -0.468 e. The van der Waals surface area contributed by atoms with Gasteiger partial charge in [-0.25, -0.2) is 0 Å². The van der Waals surface area contributed by atoms with Crippen molar-refractivity contribution in [3.05, 3.63) is 0 Å². The maximum absolute atomic E-state index is 10.9. The van der Waals surface area contributed by atoms with Crippen LogP contribution >= 0.6 is 11.8 Å². The fraction of sp³-hybridized carbons (Fsp3) is 0.667. The van der Waals surface area contributed by atoms with Gasteiger partial charge in [0.05, 0.1) is 12.9 Å². The monoisotopic (exact) mass is 175 g/mol. The number of carbonyl (C=O) groups is 2. The van der Waals surface area contributed by atoms with Crippen molar-refractivity contribution in [3.63, 3.8) is 0 Å². The molecule has 0 saturated carbocycles. The number of ether oxygens (including phenoxy) is 1. The summed E-state index contributed by atoms with van der Waals surface area (Å²) in [6.45, 7) is 0.385. The van der Waals surface area contributed by atoms with Gasteiger partial charge in [-0.1, -0.05) is 0 Å². The molecule has 11 heavy (non-hydrogen) atoms. The lowest BCUT2D eigenvalue weighted by atomic mass is 10.4. The number of rotatable bonds is 1. The Morgan fingerprint density at radius 1 is 1.82 bits per heavy atom. The molecule has 1 aliphatic rings. The Balaban J connectivity index is 2.39. The van der Waals surface area contributed by atoms with Crippen molar-refractivity contribution >= 4 is 23.6 Å². The van der Waals surface area contributed by atoms with Crippen molar-refractivity contribution in [2.75, 3.05) is 19.4 Å². The molecular formula is C6H9NO3S. The lowest BCUT2D eigenvalue weighted by molar-refractivity contribution is -0.140. The molecule has 0 spiro atoms. The van der Waals surface area contributed by atoms with Crippen LogP contribution in [0.2, 0.25) is 0 Å². The molecule has 1 saturated heterocycles. The minimum atomic E-state index is -0.269. The van der Waals surface area contributed by atoms with Gasteiger partial charge in [0, 0.05) is 6.54 Å². The Bertz CT molecular complexity index is 173. The van der Waals surface area contributed by atoms with Gasteiger partial charge in [-0.15, -0.1) is 11.8 Å². The molecule has 5 heteroatoms. The van der Waals surface area contributed by atoms with E-state index in [1.807, 2.05) is 0 Å². The van der Waals surface area contributed by atoms with Crippen molar-refractivity contribution in [2.24, 2.45) is 0 Å². The van der Waals surface area contributed by atoms with E-state index in [-0.39, 0.29) is 17.1 Å². The largest absolute Gasteiger partial charge is 0.468 e. The molecule has 0 aromatic rings. The second-order valence-electron chi connectivity index (χ2n) is 2.13. The van der Waals surface area contributed by atoms with Crippen LogP contribution in [-0.2, 0) is 14.3 Å². The number of carbonyl (C=O) groups excluding carboxylic acids is 2. The zero-order valence-corrected chi connectivity index (χ0v) is 6.94. The first-order valence-corrected chi connectivity index (χ1v) is 4.25. The molecule has 0 aromatic heterocycles. The maximum atomic E-state index is 10.9. The van der Waals surface area contributed by atoms with E-state index in [0.717, 1.165) is 0 Å². The molecule has 62 valence electrons. The van der Waals surface area contributed by atoms with E-state index in [0.29, 0.717) is 12.3 Å². The first-order chi connectivity index (χ1) is 5.24. The van der Waals surface area contributed by atoms with E-state index in [4.69, 9.17) is 0 Å². The summed E-state index contributed by atoms with van der Waals surface area (Å²) in [5.41, 5.74) is 0. The average molecular weight is 175 g/mol. The molecule has 1 amide bonds. The third-order valence-electron chi connectivity index (χ3n) is 1.36. The fourth-order valence-corrected chi connectivity index (χ4v) is 1.66. The molecule has 1 unspecified atom stereocenters. The van der Waals surface area contributed by atoms with Gasteiger partial charge < -0.3 is 10.1 Å². The Kier molecular flexibility index (Phi) is 2.76. The Morgan fingerprint density at radius 3 is 3.00 bits per heavy atom. The fourth-order valence-electron chi connectivity index (χ4n) is 0.776. The van der Waals surface area contributed by atoms with E-state index in [9.17, 15) is 9.59 Å². The van der Waals surface area contributed by atoms with Crippen molar-refractivity contribution in [1.82, 2.24) is 5.32 Å². The molecule has 1 fully saturated rings. The lowest BCUT2D eigenvalue weighted by Gasteiger charge is -2.19. The highest BCUT2D eigenvalue weighted by atomic mass is 32.2. The van der Waals surface area contributed by atoms with Crippen LogP contribution in [0, 0.1) is 0 Å². The predicted molar refractivity (Wildman–Crippen MR) is 41.3 cm³/mol. The average Bonchev–Trinajstić information content (AvgIpc) is 2.05. The summed E-state index contributed by atoms with van der Waals surface area (Å²) in [4.78, 5) is 21.5. The summed E-state index contributed by atoms with van der Waals surface area (Å²) in [5.74, 6) is 0.0601. The molecule has 1 aliphatic heterocycles. The van der Waals surface area contributed by atoms with Crippen LogP contribution in [0.4, 0.5) is 0 Å². The molecular weight excluding hydrogens is 166 g/mol. The number of methoxy groups -OCH3 is 1. The first kappa shape index (κ1) is 8.39. The number of nitrogens with one attached hydrogen (secondary N) is 1. The molecule has 0 bridgehead atoms. The SMILES string of the molecule is COC(=O)C1CNC(=O)CS1. The van der Waals surface area contributed by atoms with Gasteiger partial charge in [0.2, 0.25) is 5.91 Å². The molecule has 1 rings (SSSR count). The number of hydrogen-bond donors (Lipinski definition) is 1. The van der Waals surface area contributed by atoms with Crippen molar-refractivity contribution in [1.29, 1.82) is 0 Å². The summed E-state index contributed by atoms with van der Waals surface area (Å²) < 4.78 is 4.51. The highest BCUT2D eigenvalue weighted by Crippen LogP contribution is 2.14. The van der Waals surface area contributed by atoms with Crippen LogP contribution in [0.1, 0.15) is 0 Å². The highest BCUT2D eigenvalue weighted by Gasteiger charge is 2.25. The molecule has 1 heterocycles. The lowest BCUT2D eigenvalue weighted by Crippen LogP contribution is -2.41. The van der Waals surface area contributed by atoms with Gasteiger partial charge >= 0.3 is 5.97 Å².